The van der Waals surface area contributed by atoms with Crippen LogP contribution in [0.5, 0.6) is 0 Å². The average Bonchev–Trinajstić information content (AvgIpc) is 2.65. The molecule has 0 bridgehead atoms. The SMILES string of the molecule is CCN(CC)c1ccc(Nc2cc(N3CCC(C)CC3)nc(C)n2)c(C)c1. The molecule has 0 aliphatic carbocycles. The van der Waals surface area contributed by atoms with Crippen molar-refractivity contribution in [3.8, 4) is 0 Å². The van der Waals surface area contributed by atoms with Gasteiger partial charge in [-0.15, -0.1) is 0 Å². The van der Waals surface area contributed by atoms with Crippen LogP contribution in [0, 0.1) is 19.8 Å². The van der Waals surface area contributed by atoms with Crippen LogP contribution in [0.1, 0.15) is 45.0 Å². The minimum absolute atomic E-state index is 0.811. The molecule has 5 nitrogen and oxygen atoms in total. The van der Waals surface area contributed by atoms with Crippen LogP contribution in [-0.4, -0.2) is 36.1 Å². The van der Waals surface area contributed by atoms with Gasteiger partial charge in [-0.2, -0.15) is 0 Å². The van der Waals surface area contributed by atoms with Crippen LogP contribution < -0.4 is 15.1 Å². The molecule has 0 unspecified atom stereocenters. The van der Waals surface area contributed by atoms with Gasteiger partial charge in [0.05, 0.1) is 0 Å². The van der Waals surface area contributed by atoms with Gasteiger partial charge in [-0.25, -0.2) is 9.97 Å². The second-order valence-electron chi connectivity index (χ2n) is 7.62. The Morgan fingerprint density at radius 3 is 2.41 bits per heavy atom. The van der Waals surface area contributed by atoms with E-state index in [1.54, 1.807) is 0 Å². The molecule has 1 aromatic heterocycles. The lowest BCUT2D eigenvalue weighted by atomic mass is 9.99. The van der Waals surface area contributed by atoms with Gasteiger partial charge < -0.3 is 15.1 Å². The third kappa shape index (κ3) is 4.71. The molecule has 1 N–H and O–H groups in total. The predicted octanol–water partition coefficient (Wildman–Crippen LogP) is 4.92. The number of nitrogens with zero attached hydrogens (tertiary/aromatic N) is 4. The molecule has 2 heterocycles. The fraction of sp³-hybridized carbons (Fsp3) is 0.545. The molecule has 27 heavy (non-hydrogen) atoms. The summed E-state index contributed by atoms with van der Waals surface area (Å²) in [6, 6.07) is 8.67. The minimum atomic E-state index is 0.811. The van der Waals surface area contributed by atoms with Gasteiger partial charge >= 0.3 is 0 Å². The summed E-state index contributed by atoms with van der Waals surface area (Å²) in [5, 5.41) is 3.51. The van der Waals surface area contributed by atoms with E-state index < -0.39 is 0 Å². The van der Waals surface area contributed by atoms with Gasteiger partial charge in [-0.3, -0.25) is 0 Å². The molecule has 0 atom stereocenters. The maximum atomic E-state index is 4.67. The lowest BCUT2D eigenvalue weighted by Crippen LogP contribution is -2.33. The maximum Gasteiger partial charge on any atom is 0.136 e. The number of hydrogen-bond acceptors (Lipinski definition) is 5. The summed E-state index contributed by atoms with van der Waals surface area (Å²) >= 11 is 0. The van der Waals surface area contributed by atoms with Gasteiger partial charge in [-0.1, -0.05) is 6.92 Å². The molecule has 1 aliphatic heterocycles. The topological polar surface area (TPSA) is 44.3 Å². The number of rotatable bonds is 6. The number of benzene rings is 1. The Kier molecular flexibility index (Phi) is 6.19. The third-order valence-corrected chi connectivity index (χ3v) is 5.53. The Morgan fingerprint density at radius 1 is 1.07 bits per heavy atom. The largest absolute Gasteiger partial charge is 0.372 e. The second-order valence-corrected chi connectivity index (χ2v) is 7.62. The van der Waals surface area contributed by atoms with Crippen LogP contribution in [0.4, 0.5) is 23.0 Å². The zero-order valence-corrected chi connectivity index (χ0v) is 17.4. The number of piperidine rings is 1. The Hall–Kier alpha value is -2.30. The molecule has 146 valence electrons. The molecule has 5 heteroatoms. The molecule has 1 aliphatic rings. The third-order valence-electron chi connectivity index (χ3n) is 5.53. The van der Waals surface area contributed by atoms with Crippen molar-refractivity contribution < 1.29 is 0 Å². The second kappa shape index (κ2) is 8.59. The number of nitrogens with one attached hydrogen (secondary N) is 1. The molecule has 1 fully saturated rings. The predicted molar refractivity (Wildman–Crippen MR) is 115 cm³/mol. The molecule has 0 saturated carbocycles. The molecule has 0 radical (unpaired) electrons. The van der Waals surface area contributed by atoms with Gasteiger partial charge in [0, 0.05) is 43.6 Å². The molecular weight excluding hydrogens is 334 g/mol. The van der Waals surface area contributed by atoms with E-state index >= 15 is 0 Å². The van der Waals surface area contributed by atoms with E-state index in [1.165, 1.54) is 24.1 Å². The van der Waals surface area contributed by atoms with Crippen molar-refractivity contribution in [3.63, 3.8) is 0 Å². The van der Waals surface area contributed by atoms with E-state index in [2.05, 4.69) is 77.0 Å². The Balaban J connectivity index is 1.79. The van der Waals surface area contributed by atoms with Crippen molar-refractivity contribution in [3.05, 3.63) is 35.7 Å². The zero-order valence-electron chi connectivity index (χ0n) is 17.4. The summed E-state index contributed by atoms with van der Waals surface area (Å²) in [4.78, 5) is 14.0. The van der Waals surface area contributed by atoms with Crippen molar-refractivity contribution in [1.82, 2.24) is 9.97 Å². The fourth-order valence-electron chi connectivity index (χ4n) is 3.73. The summed E-state index contributed by atoms with van der Waals surface area (Å²) in [7, 11) is 0. The van der Waals surface area contributed by atoms with Crippen LogP contribution in [0.3, 0.4) is 0 Å². The first-order chi connectivity index (χ1) is 13.0. The van der Waals surface area contributed by atoms with Crippen LogP contribution in [0.15, 0.2) is 24.3 Å². The number of aromatic nitrogens is 2. The minimum Gasteiger partial charge on any atom is -0.372 e. The summed E-state index contributed by atoms with van der Waals surface area (Å²) in [5.74, 6) is 3.53. The van der Waals surface area contributed by atoms with Crippen LogP contribution in [0.25, 0.3) is 0 Å². The highest BCUT2D eigenvalue weighted by Crippen LogP contribution is 2.27. The normalized spacial score (nSPS) is 15.1. The number of anilines is 4. The quantitative estimate of drug-likeness (QED) is 0.785. The zero-order chi connectivity index (χ0) is 19.4. The Bertz CT molecular complexity index is 761. The van der Waals surface area contributed by atoms with Crippen molar-refractivity contribution in [2.24, 2.45) is 5.92 Å². The molecule has 1 aromatic carbocycles. The van der Waals surface area contributed by atoms with E-state index in [0.717, 1.165) is 55.2 Å². The standard InChI is InChI=1S/C22H33N5/c1-6-26(7-2)19-8-9-20(17(4)14-19)25-21-15-22(24-18(5)23-21)27-12-10-16(3)11-13-27/h8-9,14-16H,6-7,10-13H2,1-5H3,(H,23,24,25). The molecule has 0 spiro atoms. The van der Waals surface area contributed by atoms with Gasteiger partial charge in [0.1, 0.15) is 17.5 Å². The molecular formula is C22H33N5. The molecule has 1 saturated heterocycles. The van der Waals surface area contributed by atoms with Crippen molar-refractivity contribution in [2.75, 3.05) is 41.3 Å². The molecule has 3 rings (SSSR count). The lowest BCUT2D eigenvalue weighted by molar-refractivity contribution is 0.436. The van der Waals surface area contributed by atoms with Gasteiger partial charge in [0.2, 0.25) is 0 Å². The van der Waals surface area contributed by atoms with Crippen LogP contribution >= 0.6 is 0 Å². The molecule has 0 amide bonds. The smallest absolute Gasteiger partial charge is 0.136 e. The van der Waals surface area contributed by atoms with Gasteiger partial charge in [0.25, 0.3) is 0 Å². The number of hydrogen-bond donors (Lipinski definition) is 1. The first kappa shape index (κ1) is 19.5. The molecule has 2 aromatic rings. The Labute approximate surface area is 163 Å². The first-order valence-electron chi connectivity index (χ1n) is 10.2. The van der Waals surface area contributed by atoms with Crippen LogP contribution in [0.2, 0.25) is 0 Å². The van der Waals surface area contributed by atoms with Crippen molar-refractivity contribution >= 4 is 23.0 Å². The lowest BCUT2D eigenvalue weighted by Gasteiger charge is -2.31. The summed E-state index contributed by atoms with van der Waals surface area (Å²) in [6.07, 6.45) is 2.47. The summed E-state index contributed by atoms with van der Waals surface area (Å²) in [5.41, 5.74) is 3.59. The van der Waals surface area contributed by atoms with Crippen LogP contribution in [-0.2, 0) is 0 Å². The van der Waals surface area contributed by atoms with E-state index in [1.807, 2.05) is 6.92 Å². The first-order valence-corrected chi connectivity index (χ1v) is 10.2. The monoisotopic (exact) mass is 367 g/mol. The maximum absolute atomic E-state index is 4.67. The highest BCUT2D eigenvalue weighted by molar-refractivity contribution is 5.66. The van der Waals surface area contributed by atoms with E-state index in [0.29, 0.717) is 0 Å². The van der Waals surface area contributed by atoms with Gasteiger partial charge in [0.15, 0.2) is 0 Å². The van der Waals surface area contributed by atoms with Crippen molar-refractivity contribution in [2.45, 2.75) is 47.5 Å². The number of aryl methyl sites for hydroxylation is 2. The summed E-state index contributed by atoms with van der Waals surface area (Å²) in [6.45, 7) is 15.0. The average molecular weight is 368 g/mol. The Morgan fingerprint density at radius 2 is 1.78 bits per heavy atom. The van der Waals surface area contributed by atoms with E-state index in [4.69, 9.17) is 0 Å². The van der Waals surface area contributed by atoms with Gasteiger partial charge in [-0.05, 0) is 70.2 Å². The highest BCUT2D eigenvalue weighted by Gasteiger charge is 2.18. The van der Waals surface area contributed by atoms with E-state index in [-0.39, 0.29) is 0 Å². The van der Waals surface area contributed by atoms with E-state index in [9.17, 15) is 0 Å². The van der Waals surface area contributed by atoms with Crippen molar-refractivity contribution in [1.29, 1.82) is 0 Å². The fourth-order valence-corrected chi connectivity index (χ4v) is 3.73. The summed E-state index contributed by atoms with van der Waals surface area (Å²) < 4.78 is 0. The highest BCUT2D eigenvalue weighted by atomic mass is 15.2.